The van der Waals surface area contributed by atoms with Crippen LogP contribution in [-0.2, 0) is 11.3 Å². The molecular formula is C15H15ClN2O2. The van der Waals surface area contributed by atoms with E-state index in [-0.39, 0.29) is 12.5 Å². The Morgan fingerprint density at radius 3 is 2.65 bits per heavy atom. The first kappa shape index (κ1) is 14.4. The summed E-state index contributed by atoms with van der Waals surface area (Å²) in [6, 6.07) is 14.4. The van der Waals surface area contributed by atoms with Crippen LogP contribution in [0.1, 0.15) is 5.56 Å². The molecule has 0 aliphatic carbocycles. The molecule has 0 fully saturated rings. The smallest absolute Gasteiger partial charge is 0.262 e. The minimum atomic E-state index is -0.237. The quantitative estimate of drug-likeness (QED) is 0.890. The van der Waals surface area contributed by atoms with Gasteiger partial charge in [-0.2, -0.15) is 0 Å². The highest BCUT2D eigenvalue weighted by Gasteiger charge is 2.07. The molecule has 0 spiro atoms. The molecule has 2 aromatic rings. The maximum Gasteiger partial charge on any atom is 0.262 e. The van der Waals surface area contributed by atoms with Crippen LogP contribution in [0, 0.1) is 0 Å². The second kappa shape index (κ2) is 6.93. The van der Waals surface area contributed by atoms with E-state index >= 15 is 0 Å². The van der Waals surface area contributed by atoms with Gasteiger partial charge in [0, 0.05) is 22.8 Å². The van der Waals surface area contributed by atoms with Gasteiger partial charge < -0.3 is 15.8 Å². The Labute approximate surface area is 122 Å². The van der Waals surface area contributed by atoms with Crippen molar-refractivity contribution in [3.05, 3.63) is 59.1 Å². The van der Waals surface area contributed by atoms with E-state index in [1.165, 1.54) is 0 Å². The molecule has 104 valence electrons. The molecule has 0 unspecified atom stereocenters. The molecule has 2 rings (SSSR count). The molecule has 0 aliphatic heterocycles. The standard InChI is InChI=1S/C15H15ClN2O2/c16-12-7-6-11(9-17)14(8-12)20-10-15(19)18-13-4-2-1-3-5-13/h1-8H,9-10,17H2,(H,18,19). The van der Waals surface area contributed by atoms with Gasteiger partial charge in [0.05, 0.1) is 0 Å². The van der Waals surface area contributed by atoms with E-state index in [9.17, 15) is 4.79 Å². The molecule has 1 amide bonds. The summed E-state index contributed by atoms with van der Waals surface area (Å²) in [6.07, 6.45) is 0. The fourth-order valence-electron chi connectivity index (χ4n) is 1.69. The maximum atomic E-state index is 11.8. The van der Waals surface area contributed by atoms with Gasteiger partial charge >= 0.3 is 0 Å². The van der Waals surface area contributed by atoms with Crippen LogP contribution in [0.15, 0.2) is 48.5 Å². The van der Waals surface area contributed by atoms with Crippen LogP contribution < -0.4 is 15.8 Å². The molecule has 20 heavy (non-hydrogen) atoms. The van der Waals surface area contributed by atoms with Crippen LogP contribution in [0.25, 0.3) is 0 Å². The summed E-state index contributed by atoms with van der Waals surface area (Å²) in [5.41, 5.74) is 7.14. The number of anilines is 1. The maximum absolute atomic E-state index is 11.8. The van der Waals surface area contributed by atoms with Crippen molar-refractivity contribution in [2.24, 2.45) is 5.73 Å². The Balaban J connectivity index is 1.95. The number of amides is 1. The summed E-state index contributed by atoms with van der Waals surface area (Å²) in [5, 5.41) is 3.28. The summed E-state index contributed by atoms with van der Waals surface area (Å²) >= 11 is 5.90. The first-order valence-corrected chi connectivity index (χ1v) is 6.53. The van der Waals surface area contributed by atoms with E-state index in [2.05, 4.69) is 5.32 Å². The lowest BCUT2D eigenvalue weighted by Crippen LogP contribution is -2.20. The van der Waals surface area contributed by atoms with E-state index in [0.717, 1.165) is 11.3 Å². The summed E-state index contributed by atoms with van der Waals surface area (Å²) in [5.74, 6) is 0.294. The number of halogens is 1. The lowest BCUT2D eigenvalue weighted by molar-refractivity contribution is -0.118. The van der Waals surface area contributed by atoms with E-state index in [0.29, 0.717) is 17.3 Å². The number of rotatable bonds is 5. The molecule has 0 saturated heterocycles. The minimum Gasteiger partial charge on any atom is -0.483 e. The van der Waals surface area contributed by atoms with E-state index in [1.54, 1.807) is 18.2 Å². The number of hydrogen-bond acceptors (Lipinski definition) is 3. The van der Waals surface area contributed by atoms with Crippen LogP contribution in [0.4, 0.5) is 5.69 Å². The monoisotopic (exact) mass is 290 g/mol. The zero-order valence-electron chi connectivity index (χ0n) is 10.8. The average molecular weight is 291 g/mol. The van der Waals surface area contributed by atoms with Crippen molar-refractivity contribution >= 4 is 23.2 Å². The number of nitrogens with two attached hydrogens (primary N) is 1. The molecular weight excluding hydrogens is 276 g/mol. The summed E-state index contributed by atoms with van der Waals surface area (Å²) < 4.78 is 5.47. The number of hydrogen-bond donors (Lipinski definition) is 2. The molecule has 0 heterocycles. The third-order valence-corrected chi connectivity index (χ3v) is 2.90. The topological polar surface area (TPSA) is 64.3 Å². The first-order chi connectivity index (χ1) is 9.69. The van der Waals surface area contributed by atoms with Crippen LogP contribution in [-0.4, -0.2) is 12.5 Å². The lowest BCUT2D eigenvalue weighted by Gasteiger charge is -2.11. The van der Waals surface area contributed by atoms with Crippen molar-refractivity contribution in [1.29, 1.82) is 0 Å². The highest BCUT2D eigenvalue weighted by molar-refractivity contribution is 6.30. The lowest BCUT2D eigenvalue weighted by atomic mass is 10.2. The zero-order valence-corrected chi connectivity index (χ0v) is 11.6. The molecule has 0 aromatic heterocycles. The second-order valence-corrected chi connectivity index (χ2v) is 4.60. The van der Waals surface area contributed by atoms with Gasteiger partial charge in [-0.1, -0.05) is 35.9 Å². The molecule has 2 aromatic carbocycles. The Kier molecular flexibility index (Phi) is 4.98. The second-order valence-electron chi connectivity index (χ2n) is 4.16. The predicted molar refractivity (Wildman–Crippen MR) is 79.9 cm³/mol. The number of ether oxygens (including phenoxy) is 1. The van der Waals surface area contributed by atoms with Crippen molar-refractivity contribution in [3.63, 3.8) is 0 Å². The van der Waals surface area contributed by atoms with Crippen molar-refractivity contribution < 1.29 is 9.53 Å². The molecule has 0 atom stereocenters. The number of carbonyl (C=O) groups excluding carboxylic acids is 1. The molecule has 4 nitrogen and oxygen atoms in total. The molecule has 0 saturated carbocycles. The fourth-order valence-corrected chi connectivity index (χ4v) is 1.86. The van der Waals surface area contributed by atoms with Crippen molar-refractivity contribution in [3.8, 4) is 5.75 Å². The summed E-state index contributed by atoms with van der Waals surface area (Å²) in [4.78, 5) is 11.8. The van der Waals surface area contributed by atoms with Crippen molar-refractivity contribution in [2.75, 3.05) is 11.9 Å². The van der Waals surface area contributed by atoms with Crippen molar-refractivity contribution in [1.82, 2.24) is 0 Å². The Hall–Kier alpha value is -2.04. The van der Waals surface area contributed by atoms with Crippen LogP contribution in [0.5, 0.6) is 5.75 Å². The normalized spacial score (nSPS) is 10.1. The van der Waals surface area contributed by atoms with Gasteiger partial charge in [-0.3, -0.25) is 4.79 Å². The van der Waals surface area contributed by atoms with Gasteiger partial charge in [-0.25, -0.2) is 0 Å². The number of nitrogens with one attached hydrogen (secondary N) is 1. The van der Waals surface area contributed by atoms with Gasteiger partial charge in [0.2, 0.25) is 0 Å². The number of benzene rings is 2. The van der Waals surface area contributed by atoms with E-state index < -0.39 is 0 Å². The third-order valence-electron chi connectivity index (χ3n) is 2.67. The summed E-state index contributed by atoms with van der Waals surface area (Å²) in [6.45, 7) is 0.231. The molecule has 5 heteroatoms. The first-order valence-electron chi connectivity index (χ1n) is 6.15. The Morgan fingerprint density at radius 1 is 1.20 bits per heavy atom. The predicted octanol–water partition coefficient (Wildman–Crippen LogP) is 2.82. The van der Waals surface area contributed by atoms with Gasteiger partial charge in [-0.05, 0) is 24.3 Å². The van der Waals surface area contributed by atoms with Gasteiger partial charge in [0.25, 0.3) is 5.91 Å². The Morgan fingerprint density at radius 2 is 1.95 bits per heavy atom. The number of para-hydroxylation sites is 1. The highest BCUT2D eigenvalue weighted by atomic mass is 35.5. The van der Waals surface area contributed by atoms with Gasteiger partial charge in [-0.15, -0.1) is 0 Å². The average Bonchev–Trinajstić information content (AvgIpc) is 2.46. The molecule has 0 aliphatic rings. The van der Waals surface area contributed by atoms with E-state index in [1.807, 2.05) is 30.3 Å². The molecule has 3 N–H and O–H groups in total. The van der Waals surface area contributed by atoms with Crippen LogP contribution in [0.2, 0.25) is 5.02 Å². The zero-order chi connectivity index (χ0) is 14.4. The van der Waals surface area contributed by atoms with Crippen molar-refractivity contribution in [2.45, 2.75) is 6.54 Å². The summed E-state index contributed by atoms with van der Waals surface area (Å²) in [7, 11) is 0. The van der Waals surface area contributed by atoms with Gasteiger partial charge in [0.15, 0.2) is 6.61 Å². The molecule has 0 bridgehead atoms. The highest BCUT2D eigenvalue weighted by Crippen LogP contribution is 2.23. The Bertz CT molecular complexity index is 588. The minimum absolute atomic E-state index is 0.0950. The SMILES string of the molecule is NCc1ccc(Cl)cc1OCC(=O)Nc1ccccc1. The van der Waals surface area contributed by atoms with Gasteiger partial charge in [0.1, 0.15) is 5.75 Å². The van der Waals surface area contributed by atoms with E-state index in [4.69, 9.17) is 22.1 Å². The largest absolute Gasteiger partial charge is 0.483 e. The van der Waals surface area contributed by atoms with Crippen LogP contribution in [0.3, 0.4) is 0 Å². The van der Waals surface area contributed by atoms with Crippen LogP contribution >= 0.6 is 11.6 Å². The molecule has 0 radical (unpaired) electrons. The fraction of sp³-hybridized carbons (Fsp3) is 0.133. The number of carbonyl (C=O) groups is 1. The third kappa shape index (κ3) is 3.98.